The van der Waals surface area contributed by atoms with E-state index < -0.39 is 9.52 Å². The molecule has 49 heavy (non-hydrogen) atoms. The molecule has 5 heterocycles. The van der Waals surface area contributed by atoms with Gasteiger partial charge < -0.3 is 25.6 Å². The molecule has 3 aliphatic rings. The molecule has 13 heteroatoms. The van der Waals surface area contributed by atoms with Crippen molar-refractivity contribution in [3.8, 4) is 11.1 Å². The molecule has 2 aromatic heterocycles. The standard InChI is InChI=1S/C36H45ClN8O3S/c1-43-13-10-29(11-14-43)49(2,47)30-7-8-31(33(37)22-30)32-21-25-23-39-36(41-27-5-3-26(4-6-27)40-28-9-12-38-24-28)42-34(25)45(35(32)46)16-15-44-17-19-48-20-18-44/h3-8,21-23,28-29,38,40H,2,9-20,24H2,1H3,(H,39,41,42). The summed E-state index contributed by atoms with van der Waals surface area (Å²) in [6, 6.07) is 15.7. The van der Waals surface area contributed by atoms with Crippen molar-refractivity contribution in [1.29, 1.82) is 0 Å². The van der Waals surface area contributed by atoms with Crippen LogP contribution in [0, 0.1) is 0 Å². The van der Waals surface area contributed by atoms with Gasteiger partial charge >= 0.3 is 0 Å². The number of hydrogen-bond donors (Lipinski definition) is 3. The number of nitrogens with one attached hydrogen (secondary N) is 3. The number of ether oxygens (including phenoxy) is 1. The molecule has 0 aliphatic carbocycles. The van der Waals surface area contributed by atoms with E-state index >= 15 is 0 Å². The Morgan fingerprint density at radius 2 is 1.76 bits per heavy atom. The van der Waals surface area contributed by atoms with Crippen LogP contribution in [0.4, 0.5) is 17.3 Å². The number of piperidine rings is 1. The van der Waals surface area contributed by atoms with E-state index in [4.69, 9.17) is 21.3 Å². The summed E-state index contributed by atoms with van der Waals surface area (Å²) in [6.45, 7) is 7.87. The Bertz CT molecular complexity index is 1950. The minimum Gasteiger partial charge on any atom is -0.381 e. The number of pyridine rings is 1. The van der Waals surface area contributed by atoms with Crippen molar-refractivity contribution < 1.29 is 8.95 Å². The Hall–Kier alpha value is -3.52. The number of anilines is 3. The maximum atomic E-state index is 14.3. The lowest BCUT2D eigenvalue weighted by atomic mass is 10.1. The minimum atomic E-state index is -2.56. The molecule has 0 saturated carbocycles. The molecule has 0 radical (unpaired) electrons. The number of likely N-dealkylation sites (tertiary alicyclic amines) is 1. The molecule has 3 N–H and O–H groups in total. The third-order valence-corrected chi connectivity index (χ3v) is 12.9. The second-order valence-corrected chi connectivity index (χ2v) is 16.3. The summed E-state index contributed by atoms with van der Waals surface area (Å²) >= 11 is 6.90. The maximum Gasteiger partial charge on any atom is 0.260 e. The van der Waals surface area contributed by atoms with Crippen molar-refractivity contribution >= 4 is 55.3 Å². The fourth-order valence-electron chi connectivity index (χ4n) is 6.97. The predicted molar refractivity (Wildman–Crippen MR) is 200 cm³/mol. The third kappa shape index (κ3) is 7.64. The highest BCUT2D eigenvalue weighted by molar-refractivity contribution is 8.00. The molecule has 260 valence electrons. The molecule has 3 fully saturated rings. The van der Waals surface area contributed by atoms with Crippen LogP contribution in [0.1, 0.15) is 19.3 Å². The SMILES string of the molecule is C=S(=O)(c1ccc(-c2cc3cnc(Nc4ccc(NC5CCNC5)cc4)nc3n(CCN3CCOCC3)c2=O)c(Cl)c1)C1CCN(C)CC1. The quantitative estimate of drug-likeness (QED) is 0.208. The number of benzene rings is 2. The number of morpholine rings is 1. The van der Waals surface area contributed by atoms with Gasteiger partial charge in [-0.1, -0.05) is 17.7 Å². The van der Waals surface area contributed by atoms with Crippen LogP contribution in [0.3, 0.4) is 0 Å². The second kappa shape index (κ2) is 14.8. The molecular formula is C36H45ClN8O3S. The van der Waals surface area contributed by atoms with Crippen LogP contribution in [0.2, 0.25) is 5.02 Å². The number of hydrogen-bond acceptors (Lipinski definition) is 10. The Labute approximate surface area is 293 Å². The number of fused-ring (bicyclic) bond motifs is 1. The molecule has 11 nitrogen and oxygen atoms in total. The summed E-state index contributed by atoms with van der Waals surface area (Å²) in [5, 5.41) is 11.3. The minimum absolute atomic E-state index is 0.00673. The van der Waals surface area contributed by atoms with Gasteiger partial charge in [0.1, 0.15) is 5.65 Å². The van der Waals surface area contributed by atoms with Crippen molar-refractivity contribution in [2.24, 2.45) is 0 Å². The van der Waals surface area contributed by atoms with Crippen LogP contribution in [-0.2, 0) is 20.8 Å². The normalized spacial score (nSPS) is 20.7. The topological polar surface area (TPSA) is 117 Å². The fourth-order valence-corrected chi connectivity index (χ4v) is 9.29. The average Bonchev–Trinajstić information content (AvgIpc) is 3.62. The van der Waals surface area contributed by atoms with Crippen molar-refractivity contribution in [2.75, 3.05) is 76.7 Å². The molecular weight excluding hydrogens is 660 g/mol. The second-order valence-electron chi connectivity index (χ2n) is 13.3. The monoisotopic (exact) mass is 704 g/mol. The fraction of sp³-hybridized carbons (Fsp3) is 0.444. The van der Waals surface area contributed by atoms with Gasteiger partial charge in [0.25, 0.3) is 5.56 Å². The first-order valence-corrected chi connectivity index (χ1v) is 19.3. The first-order chi connectivity index (χ1) is 23.7. The number of nitrogens with zero attached hydrogens (tertiary/aromatic N) is 5. The summed E-state index contributed by atoms with van der Waals surface area (Å²) in [7, 11) is -0.481. The van der Waals surface area contributed by atoms with Gasteiger partial charge in [-0.3, -0.25) is 18.5 Å². The smallest absolute Gasteiger partial charge is 0.260 e. The Balaban J connectivity index is 1.19. The number of rotatable bonds is 10. The summed E-state index contributed by atoms with van der Waals surface area (Å²) in [5.74, 6) is 4.58. The van der Waals surface area contributed by atoms with E-state index in [1.165, 1.54) is 0 Å². The average molecular weight is 705 g/mol. The highest BCUT2D eigenvalue weighted by Gasteiger charge is 2.27. The zero-order valence-electron chi connectivity index (χ0n) is 28.0. The van der Waals surface area contributed by atoms with E-state index in [1.54, 1.807) is 16.8 Å². The lowest BCUT2D eigenvalue weighted by Gasteiger charge is -2.31. The van der Waals surface area contributed by atoms with Crippen LogP contribution in [-0.4, -0.2) is 112 Å². The molecule has 7 rings (SSSR count). The molecule has 0 spiro atoms. The zero-order valence-corrected chi connectivity index (χ0v) is 29.6. The van der Waals surface area contributed by atoms with Gasteiger partial charge in [0.2, 0.25) is 5.95 Å². The van der Waals surface area contributed by atoms with Crippen LogP contribution < -0.4 is 21.5 Å². The molecule has 0 amide bonds. The van der Waals surface area contributed by atoms with E-state index in [1.807, 2.05) is 42.5 Å². The van der Waals surface area contributed by atoms with Crippen LogP contribution in [0.25, 0.3) is 22.2 Å². The molecule has 2 aromatic carbocycles. The maximum absolute atomic E-state index is 14.3. The van der Waals surface area contributed by atoms with Gasteiger partial charge in [-0.2, -0.15) is 4.98 Å². The molecule has 4 aromatic rings. The predicted octanol–water partition coefficient (Wildman–Crippen LogP) is 4.13. The molecule has 2 atom stereocenters. The third-order valence-electron chi connectivity index (χ3n) is 9.98. The van der Waals surface area contributed by atoms with Crippen molar-refractivity contribution in [3.63, 3.8) is 0 Å². The summed E-state index contributed by atoms with van der Waals surface area (Å²) in [4.78, 5) is 29.0. The zero-order chi connectivity index (χ0) is 34.0. The lowest BCUT2D eigenvalue weighted by molar-refractivity contribution is 0.0364. The highest BCUT2D eigenvalue weighted by atomic mass is 35.5. The van der Waals surface area contributed by atoms with Crippen molar-refractivity contribution in [1.82, 2.24) is 29.7 Å². The van der Waals surface area contributed by atoms with Crippen LogP contribution >= 0.6 is 11.6 Å². The van der Waals surface area contributed by atoms with E-state index in [0.717, 1.165) is 75.3 Å². The van der Waals surface area contributed by atoms with Gasteiger partial charge in [0, 0.05) is 88.0 Å². The van der Waals surface area contributed by atoms with Gasteiger partial charge in [0.05, 0.1) is 13.2 Å². The Morgan fingerprint density at radius 3 is 2.47 bits per heavy atom. The molecule has 0 bridgehead atoms. The first-order valence-electron chi connectivity index (χ1n) is 17.1. The van der Waals surface area contributed by atoms with Crippen LogP contribution in [0.15, 0.2) is 64.4 Å². The first kappa shape index (κ1) is 34.0. The largest absolute Gasteiger partial charge is 0.381 e. The molecule has 2 unspecified atom stereocenters. The van der Waals surface area contributed by atoms with Gasteiger partial charge in [-0.15, -0.1) is 0 Å². The Kier molecular flexibility index (Phi) is 10.2. The van der Waals surface area contributed by atoms with E-state index in [2.05, 4.69) is 43.7 Å². The van der Waals surface area contributed by atoms with Gasteiger partial charge in [-0.05, 0) is 104 Å². The number of aromatic nitrogens is 3. The van der Waals surface area contributed by atoms with Crippen LogP contribution in [0.5, 0.6) is 0 Å². The number of halogens is 1. The van der Waals surface area contributed by atoms with E-state index in [0.29, 0.717) is 65.0 Å². The van der Waals surface area contributed by atoms with Gasteiger partial charge in [0.15, 0.2) is 0 Å². The molecule has 3 saturated heterocycles. The Morgan fingerprint density at radius 1 is 1.00 bits per heavy atom. The summed E-state index contributed by atoms with van der Waals surface area (Å²) in [6.07, 6.45) is 4.50. The van der Waals surface area contributed by atoms with E-state index in [9.17, 15) is 9.00 Å². The van der Waals surface area contributed by atoms with Gasteiger partial charge in [-0.25, -0.2) is 4.98 Å². The summed E-state index contributed by atoms with van der Waals surface area (Å²) < 4.78 is 21.2. The summed E-state index contributed by atoms with van der Waals surface area (Å²) in [5.41, 5.74) is 3.30. The van der Waals surface area contributed by atoms with Crippen molar-refractivity contribution in [2.45, 2.75) is 42.0 Å². The lowest BCUT2D eigenvalue weighted by Crippen LogP contribution is -2.39. The van der Waals surface area contributed by atoms with E-state index in [-0.39, 0.29) is 10.8 Å². The van der Waals surface area contributed by atoms with Crippen molar-refractivity contribution in [3.05, 3.63) is 70.1 Å². The highest BCUT2D eigenvalue weighted by Crippen LogP contribution is 2.33. The molecule has 3 aliphatic heterocycles.